The second-order valence-corrected chi connectivity index (χ2v) is 6.96. The zero-order chi connectivity index (χ0) is 15.2. The highest BCUT2D eigenvalue weighted by Crippen LogP contribution is 2.31. The van der Waals surface area contributed by atoms with Crippen molar-refractivity contribution in [3.63, 3.8) is 0 Å². The van der Waals surface area contributed by atoms with E-state index < -0.39 is 0 Å². The number of carbonyl (C=O) groups is 1. The summed E-state index contributed by atoms with van der Waals surface area (Å²) in [7, 11) is 4.26. The standard InChI is InChI=1S/C16H33N3O/c1-13(2)10-14(11-17)15(20)18-12-16(19(3)4)8-6-5-7-9-16/h13-14H,5-12,17H2,1-4H3,(H,18,20). The van der Waals surface area contributed by atoms with Gasteiger partial charge in [0.1, 0.15) is 0 Å². The van der Waals surface area contributed by atoms with Crippen LogP contribution in [0.1, 0.15) is 52.4 Å². The fourth-order valence-electron chi connectivity index (χ4n) is 3.27. The van der Waals surface area contributed by atoms with Gasteiger partial charge < -0.3 is 16.0 Å². The van der Waals surface area contributed by atoms with Crippen molar-refractivity contribution in [3.05, 3.63) is 0 Å². The molecule has 1 fully saturated rings. The van der Waals surface area contributed by atoms with Crippen LogP contribution in [-0.4, -0.2) is 43.5 Å². The summed E-state index contributed by atoms with van der Waals surface area (Å²) in [4.78, 5) is 14.6. The van der Waals surface area contributed by atoms with Crippen LogP contribution in [0.2, 0.25) is 0 Å². The van der Waals surface area contributed by atoms with Gasteiger partial charge in [-0.25, -0.2) is 0 Å². The SMILES string of the molecule is CC(C)CC(CN)C(=O)NCC1(N(C)C)CCCCC1. The maximum Gasteiger partial charge on any atom is 0.224 e. The summed E-state index contributed by atoms with van der Waals surface area (Å²) in [5.41, 5.74) is 5.90. The van der Waals surface area contributed by atoms with E-state index in [1.54, 1.807) is 0 Å². The first-order valence-electron chi connectivity index (χ1n) is 8.06. The Hall–Kier alpha value is -0.610. The van der Waals surface area contributed by atoms with Gasteiger partial charge in [0.05, 0.1) is 5.92 Å². The first-order chi connectivity index (χ1) is 9.41. The second kappa shape index (κ2) is 7.99. The van der Waals surface area contributed by atoms with Crippen LogP contribution in [0.3, 0.4) is 0 Å². The number of nitrogens with zero attached hydrogens (tertiary/aromatic N) is 1. The van der Waals surface area contributed by atoms with Crippen molar-refractivity contribution in [3.8, 4) is 0 Å². The van der Waals surface area contributed by atoms with Crippen LogP contribution < -0.4 is 11.1 Å². The summed E-state index contributed by atoms with van der Waals surface area (Å²) in [6, 6.07) is 0. The van der Waals surface area contributed by atoms with Crippen molar-refractivity contribution in [1.29, 1.82) is 0 Å². The van der Waals surface area contributed by atoms with E-state index in [1.807, 2.05) is 0 Å². The quantitative estimate of drug-likeness (QED) is 0.751. The molecule has 0 aromatic rings. The molecule has 0 spiro atoms. The molecule has 118 valence electrons. The van der Waals surface area contributed by atoms with Gasteiger partial charge in [-0.15, -0.1) is 0 Å². The summed E-state index contributed by atoms with van der Waals surface area (Å²) in [6.07, 6.45) is 7.08. The molecule has 0 aliphatic heterocycles. The lowest BCUT2D eigenvalue weighted by Gasteiger charge is -2.43. The van der Waals surface area contributed by atoms with Crippen LogP contribution in [0.15, 0.2) is 0 Å². The molecule has 1 amide bonds. The number of nitrogens with one attached hydrogen (secondary N) is 1. The lowest BCUT2D eigenvalue weighted by molar-refractivity contribution is -0.126. The maximum atomic E-state index is 12.3. The number of nitrogens with two attached hydrogens (primary N) is 1. The Morgan fingerprint density at radius 2 is 1.85 bits per heavy atom. The van der Waals surface area contributed by atoms with E-state index in [9.17, 15) is 4.79 Å². The zero-order valence-corrected chi connectivity index (χ0v) is 13.7. The highest BCUT2D eigenvalue weighted by atomic mass is 16.1. The van der Waals surface area contributed by atoms with Gasteiger partial charge in [-0.3, -0.25) is 4.79 Å². The van der Waals surface area contributed by atoms with Crippen LogP contribution in [0, 0.1) is 11.8 Å². The molecule has 0 radical (unpaired) electrons. The predicted octanol–water partition coefficient (Wildman–Crippen LogP) is 1.99. The van der Waals surface area contributed by atoms with Gasteiger partial charge in [-0.05, 0) is 39.3 Å². The Kier molecular flexibility index (Phi) is 6.96. The summed E-state index contributed by atoms with van der Waals surface area (Å²) < 4.78 is 0. The van der Waals surface area contributed by atoms with Gasteiger partial charge in [-0.2, -0.15) is 0 Å². The second-order valence-electron chi connectivity index (χ2n) is 6.96. The van der Waals surface area contributed by atoms with Crippen LogP contribution in [0.5, 0.6) is 0 Å². The van der Waals surface area contributed by atoms with Gasteiger partial charge in [0.2, 0.25) is 5.91 Å². The van der Waals surface area contributed by atoms with Crippen LogP contribution in [0.25, 0.3) is 0 Å². The van der Waals surface area contributed by atoms with Crippen molar-refractivity contribution >= 4 is 5.91 Å². The molecule has 0 heterocycles. The van der Waals surface area contributed by atoms with Gasteiger partial charge in [0.15, 0.2) is 0 Å². The van der Waals surface area contributed by atoms with E-state index in [-0.39, 0.29) is 17.4 Å². The van der Waals surface area contributed by atoms with Gasteiger partial charge in [0.25, 0.3) is 0 Å². The number of likely N-dealkylation sites (N-methyl/N-ethyl adjacent to an activating group) is 1. The summed E-state index contributed by atoms with van der Waals surface area (Å²) in [6.45, 7) is 5.48. The zero-order valence-electron chi connectivity index (χ0n) is 13.7. The maximum absolute atomic E-state index is 12.3. The highest BCUT2D eigenvalue weighted by Gasteiger charge is 2.34. The molecule has 0 bridgehead atoms. The number of amides is 1. The Labute approximate surface area is 124 Å². The number of carbonyl (C=O) groups excluding carboxylic acids is 1. The molecule has 1 aliphatic carbocycles. The fourth-order valence-corrected chi connectivity index (χ4v) is 3.27. The van der Waals surface area contributed by atoms with Crippen LogP contribution in [0.4, 0.5) is 0 Å². The molecular weight excluding hydrogens is 250 g/mol. The Bertz CT molecular complexity index is 296. The van der Waals surface area contributed by atoms with E-state index in [1.165, 1.54) is 32.1 Å². The summed E-state index contributed by atoms with van der Waals surface area (Å²) >= 11 is 0. The summed E-state index contributed by atoms with van der Waals surface area (Å²) in [5, 5.41) is 3.17. The van der Waals surface area contributed by atoms with Crippen molar-refractivity contribution < 1.29 is 4.79 Å². The Balaban J connectivity index is 2.56. The predicted molar refractivity (Wildman–Crippen MR) is 84.5 cm³/mol. The van der Waals surface area contributed by atoms with Crippen molar-refractivity contribution in [1.82, 2.24) is 10.2 Å². The highest BCUT2D eigenvalue weighted by molar-refractivity contribution is 5.78. The molecule has 1 atom stereocenters. The van der Waals surface area contributed by atoms with Crippen LogP contribution in [-0.2, 0) is 4.79 Å². The summed E-state index contributed by atoms with van der Waals surface area (Å²) in [5.74, 6) is 0.595. The molecule has 0 saturated heterocycles. The molecule has 4 heteroatoms. The number of hydrogen-bond acceptors (Lipinski definition) is 3. The minimum atomic E-state index is -0.0437. The number of rotatable bonds is 7. The first-order valence-corrected chi connectivity index (χ1v) is 8.06. The van der Waals surface area contributed by atoms with E-state index in [4.69, 9.17) is 5.73 Å². The molecule has 1 unspecified atom stereocenters. The third kappa shape index (κ3) is 4.74. The van der Waals surface area contributed by atoms with Gasteiger partial charge in [0, 0.05) is 18.6 Å². The first kappa shape index (κ1) is 17.4. The van der Waals surface area contributed by atoms with Gasteiger partial charge in [-0.1, -0.05) is 33.1 Å². The molecule has 3 N–H and O–H groups in total. The topological polar surface area (TPSA) is 58.4 Å². The molecule has 1 saturated carbocycles. The molecule has 1 rings (SSSR count). The van der Waals surface area contributed by atoms with Crippen molar-refractivity contribution in [2.45, 2.75) is 57.9 Å². The fraction of sp³-hybridized carbons (Fsp3) is 0.938. The minimum absolute atomic E-state index is 0.0437. The Morgan fingerprint density at radius 1 is 1.25 bits per heavy atom. The molecule has 20 heavy (non-hydrogen) atoms. The molecule has 0 aromatic heterocycles. The monoisotopic (exact) mass is 283 g/mol. The Morgan fingerprint density at radius 3 is 2.30 bits per heavy atom. The molecule has 0 aromatic carbocycles. The lowest BCUT2D eigenvalue weighted by atomic mass is 9.80. The van der Waals surface area contributed by atoms with Crippen molar-refractivity contribution in [2.24, 2.45) is 17.6 Å². The smallest absolute Gasteiger partial charge is 0.224 e. The molecule has 4 nitrogen and oxygen atoms in total. The average molecular weight is 283 g/mol. The van der Waals surface area contributed by atoms with E-state index in [2.05, 4.69) is 38.2 Å². The average Bonchev–Trinajstić information content (AvgIpc) is 2.42. The lowest BCUT2D eigenvalue weighted by Crippen LogP contribution is -2.54. The molecule has 1 aliphatic rings. The third-order valence-electron chi connectivity index (χ3n) is 4.74. The van der Waals surface area contributed by atoms with Crippen LogP contribution >= 0.6 is 0 Å². The minimum Gasteiger partial charge on any atom is -0.354 e. The van der Waals surface area contributed by atoms with E-state index >= 15 is 0 Å². The van der Waals surface area contributed by atoms with Gasteiger partial charge >= 0.3 is 0 Å². The molecular formula is C16H33N3O. The van der Waals surface area contributed by atoms with E-state index in [0.29, 0.717) is 12.5 Å². The third-order valence-corrected chi connectivity index (χ3v) is 4.74. The largest absolute Gasteiger partial charge is 0.354 e. The number of hydrogen-bond donors (Lipinski definition) is 2. The van der Waals surface area contributed by atoms with E-state index in [0.717, 1.165) is 13.0 Å². The van der Waals surface area contributed by atoms with Crippen molar-refractivity contribution in [2.75, 3.05) is 27.2 Å². The normalized spacial score (nSPS) is 20.1.